The van der Waals surface area contributed by atoms with E-state index in [1.54, 1.807) is 0 Å². The molecule has 2 rings (SSSR count). The summed E-state index contributed by atoms with van der Waals surface area (Å²) in [6.45, 7) is -0.169. The zero-order valence-electron chi connectivity index (χ0n) is 9.57. The first-order valence-corrected chi connectivity index (χ1v) is 5.42. The number of fused-ring (bicyclic) bond motifs is 1. The predicted molar refractivity (Wildman–Crippen MR) is 57.9 cm³/mol. The molecule has 0 unspecified atom stereocenters. The standard InChI is InChI=1S/C11H9F3N2O3/c12-11(13,14)10(19)16-5-1-2-6-3-4-15-7(8(6)16)9(17)18/h3-4H,1-2,5H2,(H,17,18). The summed E-state index contributed by atoms with van der Waals surface area (Å²) in [7, 11) is 0. The minimum atomic E-state index is -5.04. The number of anilines is 1. The fourth-order valence-electron chi connectivity index (χ4n) is 2.05. The molecule has 1 amide bonds. The molecule has 0 radical (unpaired) electrons. The van der Waals surface area contributed by atoms with E-state index in [1.165, 1.54) is 12.3 Å². The van der Waals surface area contributed by atoms with Crippen LogP contribution in [0.5, 0.6) is 0 Å². The van der Waals surface area contributed by atoms with E-state index in [1.807, 2.05) is 0 Å². The number of pyridine rings is 1. The van der Waals surface area contributed by atoms with Crippen LogP contribution in [0.1, 0.15) is 22.5 Å². The molecule has 1 N–H and O–H groups in total. The monoisotopic (exact) mass is 274 g/mol. The van der Waals surface area contributed by atoms with Crippen LogP contribution < -0.4 is 4.90 Å². The van der Waals surface area contributed by atoms with E-state index in [0.29, 0.717) is 23.3 Å². The fraction of sp³-hybridized carbons (Fsp3) is 0.364. The van der Waals surface area contributed by atoms with Crippen molar-refractivity contribution in [3.05, 3.63) is 23.5 Å². The number of carboxylic acid groups (broad SMARTS) is 1. The molecule has 1 aliphatic rings. The molecule has 8 heteroatoms. The van der Waals surface area contributed by atoms with Gasteiger partial charge < -0.3 is 10.0 Å². The lowest BCUT2D eigenvalue weighted by Gasteiger charge is -2.30. The first-order chi connectivity index (χ1) is 8.82. The maximum Gasteiger partial charge on any atom is 0.471 e. The molecule has 1 aromatic heterocycles. The Morgan fingerprint density at radius 2 is 2.05 bits per heavy atom. The molecule has 1 aliphatic heterocycles. The molecule has 102 valence electrons. The zero-order chi connectivity index (χ0) is 14.2. The third kappa shape index (κ3) is 2.38. The van der Waals surface area contributed by atoms with E-state index in [0.717, 1.165) is 0 Å². The van der Waals surface area contributed by atoms with Gasteiger partial charge >= 0.3 is 18.1 Å². The quantitative estimate of drug-likeness (QED) is 0.844. The molecule has 0 aliphatic carbocycles. The second kappa shape index (κ2) is 4.52. The normalized spacial score (nSPS) is 15.0. The summed E-state index contributed by atoms with van der Waals surface area (Å²) in [5.74, 6) is -3.53. The van der Waals surface area contributed by atoms with E-state index in [4.69, 9.17) is 5.11 Å². The average Bonchev–Trinajstić information content (AvgIpc) is 2.35. The van der Waals surface area contributed by atoms with E-state index in [9.17, 15) is 22.8 Å². The number of halogens is 3. The number of hydrogen-bond acceptors (Lipinski definition) is 3. The molecule has 5 nitrogen and oxygen atoms in total. The number of aryl methyl sites for hydroxylation is 1. The number of rotatable bonds is 1. The number of carbonyl (C=O) groups excluding carboxylic acids is 1. The Balaban J connectivity index is 2.55. The summed E-state index contributed by atoms with van der Waals surface area (Å²) in [4.78, 5) is 26.3. The summed E-state index contributed by atoms with van der Waals surface area (Å²) in [5, 5.41) is 8.96. The smallest absolute Gasteiger partial charge is 0.471 e. The minimum absolute atomic E-state index is 0.169. The highest BCUT2D eigenvalue weighted by atomic mass is 19.4. The van der Waals surface area contributed by atoms with Gasteiger partial charge in [0.25, 0.3) is 0 Å². The number of carboxylic acids is 1. The lowest BCUT2D eigenvalue weighted by atomic mass is 10.0. The molecular weight excluding hydrogens is 265 g/mol. The van der Waals surface area contributed by atoms with Crippen LogP contribution in [0.3, 0.4) is 0 Å². The van der Waals surface area contributed by atoms with Crippen molar-refractivity contribution in [2.75, 3.05) is 11.4 Å². The third-order valence-corrected chi connectivity index (χ3v) is 2.80. The molecular formula is C11H9F3N2O3. The van der Waals surface area contributed by atoms with E-state index in [2.05, 4.69) is 4.98 Å². The number of carbonyl (C=O) groups is 2. The number of alkyl halides is 3. The van der Waals surface area contributed by atoms with Gasteiger partial charge in [0.05, 0.1) is 5.69 Å². The van der Waals surface area contributed by atoms with Gasteiger partial charge in [0, 0.05) is 12.7 Å². The summed E-state index contributed by atoms with van der Waals surface area (Å²) < 4.78 is 37.5. The summed E-state index contributed by atoms with van der Waals surface area (Å²) in [6, 6.07) is 1.43. The van der Waals surface area contributed by atoms with Gasteiger partial charge in [0.15, 0.2) is 5.69 Å². The van der Waals surface area contributed by atoms with Crippen molar-refractivity contribution < 1.29 is 27.9 Å². The maximum atomic E-state index is 12.5. The van der Waals surface area contributed by atoms with Crippen molar-refractivity contribution in [1.29, 1.82) is 0 Å². The summed E-state index contributed by atoms with van der Waals surface area (Å²) >= 11 is 0. The molecule has 0 saturated heterocycles. The Kier molecular flexibility index (Phi) is 3.17. The summed E-state index contributed by atoms with van der Waals surface area (Å²) in [6.07, 6.45) is -3.07. The van der Waals surface area contributed by atoms with Crippen LogP contribution in [0.15, 0.2) is 12.3 Å². The third-order valence-electron chi connectivity index (χ3n) is 2.80. The maximum absolute atomic E-state index is 12.5. The van der Waals surface area contributed by atoms with Gasteiger partial charge in [-0.25, -0.2) is 9.78 Å². The highest BCUT2D eigenvalue weighted by Gasteiger charge is 2.45. The molecule has 19 heavy (non-hydrogen) atoms. The molecule has 2 heterocycles. The van der Waals surface area contributed by atoms with Crippen LogP contribution in [-0.2, 0) is 11.2 Å². The Hall–Kier alpha value is -2.12. The first kappa shape index (κ1) is 13.3. The second-order valence-electron chi connectivity index (χ2n) is 4.03. The zero-order valence-corrected chi connectivity index (χ0v) is 9.57. The Morgan fingerprint density at radius 1 is 1.37 bits per heavy atom. The van der Waals surface area contributed by atoms with Gasteiger partial charge in [-0.15, -0.1) is 0 Å². The van der Waals surface area contributed by atoms with Crippen LogP contribution in [0.2, 0.25) is 0 Å². The first-order valence-electron chi connectivity index (χ1n) is 5.42. The van der Waals surface area contributed by atoms with Crippen LogP contribution in [-0.4, -0.2) is 34.7 Å². The highest BCUT2D eigenvalue weighted by molar-refractivity contribution is 6.04. The predicted octanol–water partition coefficient (Wildman–Crippen LogP) is 1.62. The Bertz CT molecular complexity index is 542. The van der Waals surface area contributed by atoms with Gasteiger partial charge in [-0.05, 0) is 24.5 Å². The van der Waals surface area contributed by atoms with Crippen LogP contribution >= 0.6 is 0 Å². The van der Waals surface area contributed by atoms with Gasteiger partial charge in [0.1, 0.15) is 0 Å². The van der Waals surface area contributed by atoms with E-state index >= 15 is 0 Å². The van der Waals surface area contributed by atoms with E-state index < -0.39 is 23.7 Å². The van der Waals surface area contributed by atoms with Crippen molar-refractivity contribution in [2.45, 2.75) is 19.0 Å². The van der Waals surface area contributed by atoms with Crippen LogP contribution in [0, 0.1) is 0 Å². The van der Waals surface area contributed by atoms with E-state index in [-0.39, 0.29) is 12.2 Å². The van der Waals surface area contributed by atoms with Crippen molar-refractivity contribution in [3.8, 4) is 0 Å². The van der Waals surface area contributed by atoms with Crippen molar-refractivity contribution >= 4 is 17.6 Å². The number of amides is 1. The van der Waals surface area contributed by atoms with Gasteiger partial charge in [-0.2, -0.15) is 13.2 Å². The molecule has 0 atom stereocenters. The minimum Gasteiger partial charge on any atom is -0.476 e. The van der Waals surface area contributed by atoms with Gasteiger partial charge in [-0.3, -0.25) is 4.79 Å². The topological polar surface area (TPSA) is 70.5 Å². The lowest BCUT2D eigenvalue weighted by molar-refractivity contribution is -0.170. The molecule has 0 bridgehead atoms. The van der Waals surface area contributed by atoms with Crippen molar-refractivity contribution in [2.24, 2.45) is 0 Å². The number of hydrogen-bond donors (Lipinski definition) is 1. The Morgan fingerprint density at radius 3 is 2.63 bits per heavy atom. The molecule has 0 spiro atoms. The molecule has 1 aromatic rings. The molecule has 0 saturated carbocycles. The van der Waals surface area contributed by atoms with Crippen LogP contribution in [0.25, 0.3) is 0 Å². The van der Waals surface area contributed by atoms with Gasteiger partial charge in [-0.1, -0.05) is 0 Å². The highest BCUT2D eigenvalue weighted by Crippen LogP contribution is 2.33. The SMILES string of the molecule is O=C(O)c1nccc2c1N(C(=O)C(F)(F)F)CCC2. The number of aromatic nitrogens is 1. The molecule has 0 fully saturated rings. The van der Waals surface area contributed by atoms with Crippen molar-refractivity contribution in [1.82, 2.24) is 4.98 Å². The number of aromatic carboxylic acids is 1. The fourth-order valence-corrected chi connectivity index (χ4v) is 2.05. The largest absolute Gasteiger partial charge is 0.476 e. The number of nitrogens with zero attached hydrogens (tertiary/aromatic N) is 2. The lowest BCUT2D eigenvalue weighted by Crippen LogP contribution is -2.44. The van der Waals surface area contributed by atoms with Crippen molar-refractivity contribution in [3.63, 3.8) is 0 Å². The van der Waals surface area contributed by atoms with Crippen LogP contribution in [0.4, 0.5) is 18.9 Å². The summed E-state index contributed by atoms with van der Waals surface area (Å²) in [5.41, 5.74) is -0.394. The Labute approximate surface area is 105 Å². The van der Waals surface area contributed by atoms with Gasteiger partial charge in [0.2, 0.25) is 0 Å². The molecule has 0 aromatic carbocycles. The average molecular weight is 274 g/mol. The second-order valence-corrected chi connectivity index (χ2v) is 4.03.